The van der Waals surface area contributed by atoms with Gasteiger partial charge >= 0.3 is 6.09 Å². The predicted molar refractivity (Wildman–Crippen MR) is 153 cm³/mol. The van der Waals surface area contributed by atoms with Crippen molar-refractivity contribution < 1.29 is 23.1 Å². The van der Waals surface area contributed by atoms with Crippen LogP contribution in [0.1, 0.15) is 54.6 Å². The summed E-state index contributed by atoms with van der Waals surface area (Å²) < 4.78 is 37.1. The minimum absolute atomic E-state index is 0.0240. The summed E-state index contributed by atoms with van der Waals surface area (Å²) in [4.78, 5) is 24.5. The zero-order valence-electron chi connectivity index (χ0n) is 22.5. The molecule has 0 bridgehead atoms. The second kappa shape index (κ2) is 11.6. The van der Waals surface area contributed by atoms with Crippen molar-refractivity contribution >= 4 is 40.9 Å². The second-order valence-corrected chi connectivity index (χ2v) is 11.9. The van der Waals surface area contributed by atoms with E-state index in [0.29, 0.717) is 12.1 Å². The molecule has 7 nitrogen and oxygen atoms in total. The molecule has 0 aliphatic carbocycles. The number of anilines is 1. The van der Waals surface area contributed by atoms with Crippen LogP contribution in [0.5, 0.6) is 0 Å². The third-order valence-corrected chi connectivity index (χ3v) is 7.58. The van der Waals surface area contributed by atoms with Crippen molar-refractivity contribution in [3.05, 3.63) is 99.0 Å². The zero-order chi connectivity index (χ0) is 30.1. The molecular formula is C30H28Cl2F2N4O3. The van der Waals surface area contributed by atoms with Gasteiger partial charge in [-0.15, -0.1) is 0 Å². The number of rotatable bonds is 6. The van der Waals surface area contributed by atoms with Crippen molar-refractivity contribution in [2.24, 2.45) is 11.1 Å². The summed E-state index contributed by atoms with van der Waals surface area (Å²) in [6.45, 7) is 5.84. The third kappa shape index (κ3) is 6.15. The van der Waals surface area contributed by atoms with E-state index in [2.05, 4.69) is 16.7 Å². The van der Waals surface area contributed by atoms with Crippen molar-refractivity contribution in [1.29, 1.82) is 5.26 Å². The first-order valence-electron chi connectivity index (χ1n) is 12.7. The molecule has 4 N–H and O–H groups in total. The molecule has 0 saturated carbocycles. The van der Waals surface area contributed by atoms with Gasteiger partial charge in [0.1, 0.15) is 17.0 Å². The summed E-state index contributed by atoms with van der Waals surface area (Å²) in [5, 5.41) is 16.5. The highest BCUT2D eigenvalue weighted by Crippen LogP contribution is 2.53. The Morgan fingerprint density at radius 3 is 2.39 bits per heavy atom. The largest absolute Gasteiger partial charge is 0.429 e. The monoisotopic (exact) mass is 600 g/mol. The van der Waals surface area contributed by atoms with E-state index in [1.165, 1.54) is 54.6 Å². The Bertz CT molecular complexity index is 1520. The molecular weight excluding hydrogens is 573 g/mol. The molecule has 41 heavy (non-hydrogen) atoms. The fourth-order valence-electron chi connectivity index (χ4n) is 5.35. The lowest BCUT2D eigenvalue weighted by atomic mass is 9.63. The maximum absolute atomic E-state index is 15.7. The normalized spacial score (nSPS) is 22.1. The Balaban J connectivity index is 1.84. The fourth-order valence-corrected chi connectivity index (χ4v) is 5.69. The first-order valence-corrected chi connectivity index (χ1v) is 13.5. The minimum Gasteiger partial charge on any atom is -0.429 e. The Labute approximate surface area is 246 Å². The summed E-state index contributed by atoms with van der Waals surface area (Å²) in [7, 11) is 0. The molecule has 3 aromatic rings. The molecule has 1 saturated heterocycles. The lowest BCUT2D eigenvalue weighted by Gasteiger charge is -2.37. The van der Waals surface area contributed by atoms with E-state index < -0.39 is 47.2 Å². The number of nitrogens with two attached hydrogens (primary N) is 1. The van der Waals surface area contributed by atoms with Crippen LogP contribution < -0.4 is 16.4 Å². The van der Waals surface area contributed by atoms with Gasteiger partial charge in [-0.2, -0.15) is 5.26 Å². The standard InChI is InChI=1S/C30H28Cl2F2N4O3/c1-29(2,3)14-23-30(15-35,20-12-9-17(31)13-22(20)33)24(19-5-4-6-21(32)25(19)34)27(38-23)41-28(40)37-18-10-7-16(8-11-18)26(36)39/h4-13,23-24,27,38H,14H2,1-3H3,(H2,36,39)(H,37,40)/t23-,24-,27+,30-/m0/s1. The van der Waals surface area contributed by atoms with Crippen LogP contribution in [0.25, 0.3) is 0 Å². The summed E-state index contributed by atoms with van der Waals surface area (Å²) in [6, 6.07) is 15.5. The van der Waals surface area contributed by atoms with E-state index in [1.807, 2.05) is 20.8 Å². The van der Waals surface area contributed by atoms with Crippen LogP contribution in [0, 0.1) is 28.4 Å². The first kappa shape index (κ1) is 30.3. The third-order valence-electron chi connectivity index (χ3n) is 7.05. The molecule has 2 amide bonds. The smallest absolute Gasteiger partial charge is 0.413 e. The number of ether oxygens (including phenoxy) is 1. The lowest BCUT2D eigenvalue weighted by Crippen LogP contribution is -2.44. The van der Waals surface area contributed by atoms with Gasteiger partial charge in [-0.25, -0.2) is 13.6 Å². The number of nitrogens with zero attached hydrogens (tertiary/aromatic N) is 1. The van der Waals surface area contributed by atoms with Gasteiger partial charge in [0.05, 0.1) is 17.0 Å². The Morgan fingerprint density at radius 1 is 1.12 bits per heavy atom. The summed E-state index contributed by atoms with van der Waals surface area (Å²) in [5.41, 5.74) is 3.63. The lowest BCUT2D eigenvalue weighted by molar-refractivity contribution is 0.0851. The Kier molecular flexibility index (Phi) is 8.59. The zero-order valence-corrected chi connectivity index (χ0v) is 24.0. The Morgan fingerprint density at radius 2 is 1.80 bits per heavy atom. The van der Waals surface area contributed by atoms with Crippen molar-refractivity contribution in [3.63, 3.8) is 0 Å². The molecule has 4 atom stereocenters. The predicted octanol–water partition coefficient (Wildman–Crippen LogP) is 6.90. The summed E-state index contributed by atoms with van der Waals surface area (Å²) in [5.74, 6) is -3.43. The number of nitriles is 1. The van der Waals surface area contributed by atoms with Crippen molar-refractivity contribution in [1.82, 2.24) is 5.32 Å². The molecule has 1 fully saturated rings. The number of halogens is 4. The summed E-state index contributed by atoms with van der Waals surface area (Å²) in [6.07, 6.45) is -1.88. The SMILES string of the molecule is CC(C)(C)C[C@@H]1N[C@H](OC(=O)Nc2ccc(C(N)=O)cc2)[C@H](c2cccc(Cl)c2F)[C@@]1(C#N)c1ccc(Cl)cc1F. The van der Waals surface area contributed by atoms with E-state index in [4.69, 9.17) is 33.7 Å². The van der Waals surface area contributed by atoms with Gasteiger partial charge in [0.2, 0.25) is 5.91 Å². The van der Waals surface area contributed by atoms with Crippen LogP contribution in [0.15, 0.2) is 60.7 Å². The number of carbonyl (C=O) groups excluding carboxylic acids is 2. The van der Waals surface area contributed by atoms with Crippen LogP contribution in [0.2, 0.25) is 10.0 Å². The minimum atomic E-state index is -1.75. The fraction of sp³-hybridized carbons (Fsp3) is 0.300. The van der Waals surface area contributed by atoms with Gasteiger partial charge in [0.15, 0.2) is 6.23 Å². The quantitative estimate of drug-likeness (QED) is 0.284. The van der Waals surface area contributed by atoms with Crippen LogP contribution >= 0.6 is 23.2 Å². The number of hydrogen-bond acceptors (Lipinski definition) is 5. The highest BCUT2D eigenvalue weighted by molar-refractivity contribution is 6.31. The molecule has 11 heteroatoms. The van der Waals surface area contributed by atoms with Crippen molar-refractivity contribution in [3.8, 4) is 6.07 Å². The van der Waals surface area contributed by atoms with Crippen molar-refractivity contribution in [2.75, 3.05) is 5.32 Å². The topological polar surface area (TPSA) is 117 Å². The molecule has 0 radical (unpaired) electrons. The van der Waals surface area contributed by atoms with Crippen LogP contribution in [0.4, 0.5) is 19.3 Å². The highest BCUT2D eigenvalue weighted by Gasteiger charge is 2.61. The number of primary amides is 1. The van der Waals surface area contributed by atoms with E-state index in [9.17, 15) is 14.9 Å². The van der Waals surface area contributed by atoms with E-state index in [1.54, 1.807) is 0 Å². The van der Waals surface area contributed by atoms with Gasteiger partial charge in [-0.1, -0.05) is 62.2 Å². The van der Waals surface area contributed by atoms with Gasteiger partial charge in [-0.3, -0.25) is 15.4 Å². The average molecular weight is 601 g/mol. The van der Waals surface area contributed by atoms with Crippen LogP contribution in [-0.2, 0) is 10.2 Å². The molecule has 0 spiro atoms. The molecule has 1 aliphatic rings. The summed E-state index contributed by atoms with van der Waals surface area (Å²) >= 11 is 12.2. The average Bonchev–Trinajstić information content (AvgIpc) is 3.17. The molecule has 0 aromatic heterocycles. The number of hydrogen-bond donors (Lipinski definition) is 3. The van der Waals surface area contributed by atoms with Crippen LogP contribution in [0.3, 0.4) is 0 Å². The van der Waals surface area contributed by atoms with Gasteiger partial charge in [-0.05, 0) is 59.9 Å². The number of amides is 2. The van der Waals surface area contributed by atoms with E-state index in [-0.39, 0.29) is 32.2 Å². The van der Waals surface area contributed by atoms with E-state index >= 15 is 8.78 Å². The first-order chi connectivity index (χ1) is 19.3. The van der Waals surface area contributed by atoms with Gasteiger partial charge in [0.25, 0.3) is 0 Å². The molecule has 4 rings (SSSR count). The molecule has 214 valence electrons. The number of nitrogens with one attached hydrogen (secondary N) is 2. The van der Waals surface area contributed by atoms with Crippen LogP contribution in [-0.4, -0.2) is 24.3 Å². The maximum Gasteiger partial charge on any atom is 0.413 e. The maximum atomic E-state index is 15.7. The number of benzene rings is 3. The molecule has 0 unspecified atom stereocenters. The van der Waals surface area contributed by atoms with Crippen molar-refractivity contribution in [2.45, 2.75) is 50.8 Å². The Hall–Kier alpha value is -3.71. The van der Waals surface area contributed by atoms with Gasteiger partial charge in [0, 0.05) is 27.9 Å². The second-order valence-electron chi connectivity index (χ2n) is 11.1. The molecule has 1 heterocycles. The number of carbonyl (C=O) groups is 2. The molecule has 3 aromatic carbocycles. The molecule has 1 aliphatic heterocycles. The van der Waals surface area contributed by atoms with Gasteiger partial charge < -0.3 is 10.5 Å². The highest BCUT2D eigenvalue weighted by atomic mass is 35.5. The van der Waals surface area contributed by atoms with E-state index in [0.717, 1.165) is 6.07 Å².